The van der Waals surface area contributed by atoms with Crippen LogP contribution in [0, 0.1) is 5.92 Å². The van der Waals surface area contributed by atoms with E-state index in [4.69, 9.17) is 4.74 Å². The summed E-state index contributed by atoms with van der Waals surface area (Å²) in [5.41, 5.74) is 1.85. The number of aromatic nitrogens is 2. The lowest BCUT2D eigenvalue weighted by atomic mass is 9.88. The first-order chi connectivity index (χ1) is 14.0. The number of anilines is 1. The number of carbonyl (C=O) groups is 2. The minimum atomic E-state index is -0.431. The van der Waals surface area contributed by atoms with Crippen molar-refractivity contribution in [2.75, 3.05) is 12.4 Å². The molecule has 0 radical (unpaired) electrons. The standard InChI is InChI=1S/C21H21N3O4S/c1-12-7-8-14-17(9-12)29-20(19(14)21(27)28-2)23-18(26)11-24-15-6-4-3-5-13(15)16(25)10-22-24/h3-6,10,12H,7-9,11H2,1-2H3,(H,23,26)/t12-/m0/s1. The van der Waals surface area contributed by atoms with Gasteiger partial charge in [-0.25, -0.2) is 4.79 Å². The molecule has 3 aromatic rings. The molecule has 2 aromatic heterocycles. The molecule has 0 fully saturated rings. The first kappa shape index (κ1) is 19.3. The highest BCUT2D eigenvalue weighted by Crippen LogP contribution is 2.40. The van der Waals surface area contributed by atoms with Gasteiger partial charge in [-0.1, -0.05) is 19.1 Å². The molecule has 29 heavy (non-hydrogen) atoms. The van der Waals surface area contributed by atoms with E-state index < -0.39 is 5.97 Å². The number of hydrogen-bond donors (Lipinski definition) is 1. The van der Waals surface area contributed by atoms with Crippen LogP contribution in [0.5, 0.6) is 0 Å². The maximum absolute atomic E-state index is 12.8. The van der Waals surface area contributed by atoms with Gasteiger partial charge < -0.3 is 10.1 Å². The summed E-state index contributed by atoms with van der Waals surface area (Å²) in [6.45, 7) is 2.12. The molecule has 1 amide bonds. The summed E-state index contributed by atoms with van der Waals surface area (Å²) in [7, 11) is 1.35. The molecule has 2 heterocycles. The topological polar surface area (TPSA) is 90.3 Å². The van der Waals surface area contributed by atoms with E-state index in [-0.39, 0.29) is 17.9 Å². The number of amides is 1. The summed E-state index contributed by atoms with van der Waals surface area (Å²) in [4.78, 5) is 38.2. The van der Waals surface area contributed by atoms with E-state index in [1.807, 2.05) is 0 Å². The second kappa shape index (κ2) is 7.79. The Morgan fingerprint density at radius 2 is 2.14 bits per heavy atom. The van der Waals surface area contributed by atoms with E-state index in [1.165, 1.54) is 29.3 Å². The average molecular weight is 411 g/mol. The smallest absolute Gasteiger partial charge is 0.341 e. The van der Waals surface area contributed by atoms with Crippen LogP contribution in [-0.2, 0) is 28.9 Å². The third kappa shape index (κ3) is 3.67. The second-order valence-corrected chi connectivity index (χ2v) is 8.38. The molecule has 0 spiro atoms. The lowest BCUT2D eigenvalue weighted by molar-refractivity contribution is -0.116. The minimum Gasteiger partial charge on any atom is -0.465 e. The lowest BCUT2D eigenvalue weighted by Crippen LogP contribution is -2.23. The zero-order valence-electron chi connectivity index (χ0n) is 16.2. The van der Waals surface area contributed by atoms with Gasteiger partial charge in [-0.3, -0.25) is 14.3 Å². The maximum Gasteiger partial charge on any atom is 0.341 e. The molecule has 1 aromatic carbocycles. The van der Waals surface area contributed by atoms with Gasteiger partial charge in [0.2, 0.25) is 11.3 Å². The van der Waals surface area contributed by atoms with Crippen LogP contribution < -0.4 is 10.7 Å². The number of nitrogens with zero attached hydrogens (tertiary/aromatic N) is 2. The molecule has 0 saturated carbocycles. The third-order valence-electron chi connectivity index (χ3n) is 5.21. The van der Waals surface area contributed by atoms with Crippen molar-refractivity contribution in [2.45, 2.75) is 32.7 Å². The Labute approximate surface area is 171 Å². The third-order valence-corrected chi connectivity index (χ3v) is 6.38. The Kier molecular flexibility index (Phi) is 5.19. The molecular weight excluding hydrogens is 390 g/mol. The van der Waals surface area contributed by atoms with Crippen LogP contribution in [0.2, 0.25) is 0 Å². The Balaban J connectivity index is 1.63. The van der Waals surface area contributed by atoms with E-state index in [9.17, 15) is 14.4 Å². The fraction of sp³-hybridized carbons (Fsp3) is 0.333. The number of nitrogens with one attached hydrogen (secondary N) is 1. The van der Waals surface area contributed by atoms with Crippen molar-refractivity contribution >= 4 is 39.1 Å². The summed E-state index contributed by atoms with van der Waals surface area (Å²) < 4.78 is 6.45. The Morgan fingerprint density at radius 3 is 2.93 bits per heavy atom. The first-order valence-electron chi connectivity index (χ1n) is 9.45. The normalized spacial score (nSPS) is 15.7. The summed E-state index contributed by atoms with van der Waals surface area (Å²) in [6, 6.07) is 7.02. The number of carbonyl (C=O) groups excluding carboxylic acids is 2. The van der Waals surface area contributed by atoms with E-state index in [2.05, 4.69) is 17.3 Å². The molecule has 1 aliphatic rings. The van der Waals surface area contributed by atoms with Gasteiger partial charge in [-0.2, -0.15) is 5.10 Å². The molecule has 0 saturated heterocycles. The molecule has 1 aliphatic carbocycles. The van der Waals surface area contributed by atoms with Crippen molar-refractivity contribution in [3.63, 3.8) is 0 Å². The zero-order valence-corrected chi connectivity index (χ0v) is 17.0. The highest BCUT2D eigenvalue weighted by Gasteiger charge is 2.29. The van der Waals surface area contributed by atoms with Crippen molar-refractivity contribution < 1.29 is 14.3 Å². The summed E-state index contributed by atoms with van der Waals surface area (Å²) >= 11 is 1.44. The molecule has 8 heteroatoms. The molecule has 150 valence electrons. The predicted molar refractivity (Wildman–Crippen MR) is 111 cm³/mol. The van der Waals surface area contributed by atoms with Crippen molar-refractivity contribution in [1.29, 1.82) is 0 Å². The predicted octanol–water partition coefficient (Wildman–Crippen LogP) is 3.01. The van der Waals surface area contributed by atoms with Crippen LogP contribution in [0.1, 0.15) is 34.1 Å². The molecule has 0 unspecified atom stereocenters. The number of methoxy groups -OCH3 is 1. The number of rotatable bonds is 4. The van der Waals surface area contributed by atoms with Crippen LogP contribution in [0.3, 0.4) is 0 Å². The van der Waals surface area contributed by atoms with Crippen LogP contribution in [0.25, 0.3) is 10.9 Å². The largest absolute Gasteiger partial charge is 0.465 e. The van der Waals surface area contributed by atoms with Gasteiger partial charge in [0.05, 0.1) is 24.4 Å². The van der Waals surface area contributed by atoms with E-state index in [0.29, 0.717) is 27.4 Å². The molecule has 1 N–H and O–H groups in total. The summed E-state index contributed by atoms with van der Waals surface area (Å²) in [6.07, 6.45) is 3.92. The van der Waals surface area contributed by atoms with E-state index in [0.717, 1.165) is 29.7 Å². The minimum absolute atomic E-state index is 0.0691. The number of thiophene rings is 1. The van der Waals surface area contributed by atoms with Crippen LogP contribution >= 0.6 is 11.3 Å². The number of benzene rings is 1. The molecular formula is C21H21N3O4S. The number of fused-ring (bicyclic) bond motifs is 2. The van der Waals surface area contributed by atoms with Gasteiger partial charge in [-0.05, 0) is 42.9 Å². The number of hydrogen-bond acceptors (Lipinski definition) is 6. The summed E-state index contributed by atoms with van der Waals surface area (Å²) in [5.74, 6) is -0.200. The Bertz CT molecular complexity index is 1160. The fourth-order valence-electron chi connectivity index (χ4n) is 3.75. The maximum atomic E-state index is 12.8. The highest BCUT2D eigenvalue weighted by atomic mass is 32.1. The zero-order chi connectivity index (χ0) is 20.5. The number of para-hydroxylation sites is 1. The van der Waals surface area contributed by atoms with Gasteiger partial charge in [0.25, 0.3) is 0 Å². The van der Waals surface area contributed by atoms with Crippen molar-refractivity contribution in [3.8, 4) is 0 Å². The number of esters is 1. The van der Waals surface area contributed by atoms with Crippen molar-refractivity contribution in [3.05, 3.63) is 56.7 Å². The molecule has 0 bridgehead atoms. The molecule has 7 nitrogen and oxygen atoms in total. The average Bonchev–Trinajstić information content (AvgIpc) is 3.06. The Morgan fingerprint density at radius 1 is 1.34 bits per heavy atom. The van der Waals surface area contributed by atoms with Gasteiger partial charge in [0.15, 0.2) is 0 Å². The van der Waals surface area contributed by atoms with Gasteiger partial charge in [0, 0.05) is 10.3 Å². The first-order valence-corrected chi connectivity index (χ1v) is 10.3. The van der Waals surface area contributed by atoms with Crippen LogP contribution in [-0.4, -0.2) is 28.8 Å². The molecule has 1 atom stereocenters. The monoisotopic (exact) mass is 411 g/mol. The lowest BCUT2D eigenvalue weighted by Gasteiger charge is -2.18. The number of ether oxygens (including phenoxy) is 1. The quantitative estimate of drug-likeness (QED) is 0.667. The van der Waals surface area contributed by atoms with Gasteiger partial charge in [0.1, 0.15) is 11.5 Å². The van der Waals surface area contributed by atoms with Crippen molar-refractivity contribution in [1.82, 2.24) is 9.78 Å². The van der Waals surface area contributed by atoms with E-state index >= 15 is 0 Å². The van der Waals surface area contributed by atoms with Crippen LogP contribution in [0.4, 0.5) is 5.00 Å². The molecule has 0 aliphatic heterocycles. The Hall–Kier alpha value is -3.00. The summed E-state index contributed by atoms with van der Waals surface area (Å²) in [5, 5.41) is 7.98. The van der Waals surface area contributed by atoms with Gasteiger partial charge in [-0.15, -0.1) is 11.3 Å². The SMILES string of the molecule is COC(=O)c1c(NC(=O)Cn2ncc(=O)c3ccccc32)sc2c1CC[C@H](C)C2. The highest BCUT2D eigenvalue weighted by molar-refractivity contribution is 7.17. The second-order valence-electron chi connectivity index (χ2n) is 7.28. The van der Waals surface area contributed by atoms with Crippen molar-refractivity contribution in [2.24, 2.45) is 5.92 Å². The van der Waals surface area contributed by atoms with Crippen LogP contribution in [0.15, 0.2) is 35.3 Å². The molecule has 4 rings (SSSR count). The van der Waals surface area contributed by atoms with E-state index in [1.54, 1.807) is 24.3 Å². The fourth-order valence-corrected chi connectivity index (χ4v) is 5.16. The van der Waals surface area contributed by atoms with Gasteiger partial charge >= 0.3 is 5.97 Å².